The Morgan fingerprint density at radius 3 is 2.47 bits per heavy atom. The number of aryl methyl sites for hydroxylation is 1. The zero-order chi connectivity index (χ0) is 24.4. The molecule has 0 radical (unpaired) electrons. The second kappa shape index (κ2) is 9.46. The number of benzene rings is 2. The van der Waals surface area contributed by atoms with Crippen LogP contribution in [0.25, 0.3) is 0 Å². The molecule has 2 unspecified atom stereocenters. The Kier molecular flexibility index (Phi) is 6.44. The van der Waals surface area contributed by atoms with Crippen LogP contribution in [-0.4, -0.2) is 41.5 Å². The van der Waals surface area contributed by atoms with E-state index in [1.54, 1.807) is 6.92 Å². The van der Waals surface area contributed by atoms with E-state index >= 15 is 0 Å². The summed E-state index contributed by atoms with van der Waals surface area (Å²) in [6.45, 7) is 1.56. The molecule has 2 heterocycles. The van der Waals surface area contributed by atoms with Crippen molar-refractivity contribution in [1.29, 1.82) is 0 Å². The van der Waals surface area contributed by atoms with E-state index in [0.29, 0.717) is 5.76 Å². The third-order valence-electron chi connectivity index (χ3n) is 5.44. The molecule has 1 aromatic heterocycles. The van der Waals surface area contributed by atoms with E-state index in [2.05, 4.69) is 15.6 Å². The fraction of sp³-hybridized carbons (Fsp3) is 0.261. The van der Waals surface area contributed by atoms with Crippen LogP contribution >= 0.6 is 0 Å². The number of urea groups is 1. The molecule has 3 amide bonds. The normalized spacial score (nSPS) is 17.7. The number of aromatic nitrogens is 1. The molecule has 1 saturated heterocycles. The fourth-order valence-corrected chi connectivity index (χ4v) is 3.88. The number of carbonyl (C=O) groups excluding carboxylic acids is 2. The van der Waals surface area contributed by atoms with Gasteiger partial charge in [0.2, 0.25) is 11.8 Å². The van der Waals surface area contributed by atoms with Crippen LogP contribution < -0.4 is 15.4 Å². The zero-order valence-corrected chi connectivity index (χ0v) is 18.3. The number of hydrogen-bond donors (Lipinski definition) is 2. The van der Waals surface area contributed by atoms with Crippen molar-refractivity contribution in [3.05, 3.63) is 77.3 Å². The van der Waals surface area contributed by atoms with Gasteiger partial charge in [0.1, 0.15) is 35.0 Å². The number of nitrogens with one attached hydrogen (secondary N) is 2. The number of halogens is 3. The third kappa shape index (κ3) is 4.82. The number of methoxy groups -OCH3 is 1. The van der Waals surface area contributed by atoms with Crippen LogP contribution in [0.5, 0.6) is 5.75 Å². The molecule has 2 atom stereocenters. The minimum Gasteiger partial charge on any atom is -0.497 e. The molecule has 1 fully saturated rings. The van der Waals surface area contributed by atoms with Gasteiger partial charge in [0.25, 0.3) is 0 Å². The monoisotopic (exact) mass is 474 g/mol. The van der Waals surface area contributed by atoms with Gasteiger partial charge < -0.3 is 24.7 Å². The lowest BCUT2D eigenvalue weighted by Crippen LogP contribution is -2.45. The number of hydrogen-bond acceptors (Lipinski definition) is 5. The number of ether oxygens (including phenoxy) is 1. The fourth-order valence-electron chi connectivity index (χ4n) is 3.88. The minimum absolute atomic E-state index is 0.0197. The topological polar surface area (TPSA) is 96.7 Å². The summed E-state index contributed by atoms with van der Waals surface area (Å²) in [4.78, 5) is 31.1. The van der Waals surface area contributed by atoms with Gasteiger partial charge in [-0.15, -0.1) is 0 Å². The van der Waals surface area contributed by atoms with Gasteiger partial charge in [-0.05, 0) is 31.2 Å². The SMILES string of the molecule is COc1cc(F)c(C2CN(Cc3ncc(C)o3)C(=O)C2NC(=O)Nc2ccc(F)cc2)c(F)c1. The van der Waals surface area contributed by atoms with E-state index in [4.69, 9.17) is 9.15 Å². The molecule has 0 aliphatic carbocycles. The Bertz CT molecular complexity index is 1190. The Hall–Kier alpha value is -4.02. The van der Waals surface area contributed by atoms with E-state index in [0.717, 1.165) is 24.3 Å². The summed E-state index contributed by atoms with van der Waals surface area (Å²) in [5.74, 6) is -3.15. The maximum atomic E-state index is 14.9. The maximum absolute atomic E-state index is 14.9. The van der Waals surface area contributed by atoms with E-state index in [9.17, 15) is 22.8 Å². The van der Waals surface area contributed by atoms with Crippen molar-refractivity contribution < 1.29 is 31.9 Å². The largest absolute Gasteiger partial charge is 0.497 e. The molecule has 2 N–H and O–H groups in total. The highest BCUT2D eigenvalue weighted by molar-refractivity contribution is 5.95. The predicted molar refractivity (Wildman–Crippen MR) is 115 cm³/mol. The lowest BCUT2D eigenvalue weighted by Gasteiger charge is -2.20. The van der Waals surface area contributed by atoms with Gasteiger partial charge in [-0.2, -0.15) is 0 Å². The Morgan fingerprint density at radius 1 is 1.21 bits per heavy atom. The van der Waals surface area contributed by atoms with Crippen LogP contribution in [0.3, 0.4) is 0 Å². The summed E-state index contributed by atoms with van der Waals surface area (Å²) in [7, 11) is 1.28. The Labute approximate surface area is 192 Å². The summed E-state index contributed by atoms with van der Waals surface area (Å²) in [5.41, 5.74) is -0.0814. The van der Waals surface area contributed by atoms with Crippen LogP contribution in [0, 0.1) is 24.4 Å². The lowest BCUT2D eigenvalue weighted by molar-refractivity contribution is -0.130. The van der Waals surface area contributed by atoms with Crippen LogP contribution in [0.4, 0.5) is 23.7 Å². The molecule has 11 heteroatoms. The molecule has 4 rings (SSSR count). The Balaban J connectivity index is 1.61. The predicted octanol–water partition coefficient (Wildman–Crippen LogP) is 3.73. The molecule has 0 bridgehead atoms. The molecule has 0 saturated carbocycles. The summed E-state index contributed by atoms with van der Waals surface area (Å²) in [5, 5.41) is 4.97. The summed E-state index contributed by atoms with van der Waals surface area (Å²) in [6, 6.07) is 4.93. The second-order valence-corrected chi connectivity index (χ2v) is 7.78. The van der Waals surface area contributed by atoms with Crippen molar-refractivity contribution in [3.8, 4) is 5.75 Å². The number of oxazole rings is 1. The molecule has 0 spiro atoms. The van der Waals surface area contributed by atoms with Crippen molar-refractivity contribution in [1.82, 2.24) is 15.2 Å². The van der Waals surface area contributed by atoms with E-state index in [1.807, 2.05) is 0 Å². The summed E-state index contributed by atoms with van der Waals surface area (Å²) >= 11 is 0. The Morgan fingerprint density at radius 2 is 1.88 bits per heavy atom. The quantitative estimate of drug-likeness (QED) is 0.568. The average Bonchev–Trinajstić information content (AvgIpc) is 3.33. The summed E-state index contributed by atoms with van der Waals surface area (Å²) in [6.07, 6.45) is 1.49. The van der Waals surface area contributed by atoms with Gasteiger partial charge in [-0.3, -0.25) is 4.79 Å². The van der Waals surface area contributed by atoms with E-state index in [1.165, 1.54) is 30.3 Å². The number of anilines is 1. The van der Waals surface area contributed by atoms with Gasteiger partial charge >= 0.3 is 6.03 Å². The first kappa shape index (κ1) is 23.1. The smallest absolute Gasteiger partial charge is 0.319 e. The lowest BCUT2D eigenvalue weighted by atomic mass is 9.93. The van der Waals surface area contributed by atoms with E-state index in [-0.39, 0.29) is 36.0 Å². The van der Waals surface area contributed by atoms with Crippen LogP contribution in [0.2, 0.25) is 0 Å². The highest BCUT2D eigenvalue weighted by Gasteiger charge is 2.45. The molecule has 8 nitrogen and oxygen atoms in total. The molecular formula is C23H21F3N4O4. The van der Waals surface area contributed by atoms with E-state index < -0.39 is 41.3 Å². The number of rotatable bonds is 6. The van der Waals surface area contributed by atoms with Crippen molar-refractivity contribution in [2.24, 2.45) is 0 Å². The number of amides is 3. The third-order valence-corrected chi connectivity index (χ3v) is 5.44. The molecular weight excluding hydrogens is 453 g/mol. The molecule has 178 valence electrons. The van der Waals surface area contributed by atoms with Gasteiger partial charge in [0.15, 0.2) is 0 Å². The number of nitrogens with zero attached hydrogens (tertiary/aromatic N) is 2. The number of carbonyl (C=O) groups is 2. The molecule has 2 aromatic carbocycles. The van der Waals surface area contributed by atoms with Gasteiger partial charge in [-0.1, -0.05) is 0 Å². The first-order chi connectivity index (χ1) is 16.2. The van der Waals surface area contributed by atoms with Gasteiger partial charge in [0.05, 0.1) is 19.9 Å². The summed E-state index contributed by atoms with van der Waals surface area (Å²) < 4.78 is 53.2. The van der Waals surface area contributed by atoms with Crippen LogP contribution in [0.1, 0.15) is 23.1 Å². The average molecular weight is 474 g/mol. The highest BCUT2D eigenvalue weighted by Crippen LogP contribution is 2.35. The molecule has 3 aromatic rings. The van der Waals surface area contributed by atoms with Crippen LogP contribution in [-0.2, 0) is 11.3 Å². The van der Waals surface area contributed by atoms with Crippen molar-refractivity contribution >= 4 is 17.6 Å². The minimum atomic E-state index is -1.28. The zero-order valence-electron chi connectivity index (χ0n) is 18.3. The van der Waals surface area contributed by atoms with Gasteiger partial charge in [0, 0.05) is 35.8 Å². The maximum Gasteiger partial charge on any atom is 0.319 e. The first-order valence-corrected chi connectivity index (χ1v) is 10.3. The first-order valence-electron chi connectivity index (χ1n) is 10.3. The molecule has 1 aliphatic heterocycles. The van der Waals surface area contributed by atoms with Crippen molar-refractivity contribution in [3.63, 3.8) is 0 Å². The standard InChI is InChI=1S/C23H21F3N4O4/c1-12-9-27-19(34-12)11-30-10-16(20-17(25)7-15(33-2)8-18(20)26)21(22(30)31)29-23(32)28-14-5-3-13(24)4-6-14/h3-9,16,21H,10-11H2,1-2H3,(H2,28,29,32). The van der Waals surface area contributed by atoms with Crippen LogP contribution in [0.15, 0.2) is 47.0 Å². The number of likely N-dealkylation sites (tertiary alicyclic amines) is 1. The van der Waals surface area contributed by atoms with Gasteiger partial charge in [-0.25, -0.2) is 22.9 Å². The highest BCUT2D eigenvalue weighted by atomic mass is 19.1. The second-order valence-electron chi connectivity index (χ2n) is 7.78. The molecule has 34 heavy (non-hydrogen) atoms. The van der Waals surface area contributed by atoms with Crippen molar-refractivity contribution in [2.45, 2.75) is 25.4 Å². The van der Waals surface area contributed by atoms with Crippen molar-refractivity contribution in [2.75, 3.05) is 19.0 Å². The molecule has 1 aliphatic rings.